The molecule has 1 saturated carbocycles. The lowest BCUT2D eigenvalue weighted by atomic mass is 9.91. The first-order valence-corrected chi connectivity index (χ1v) is 6.22. The maximum Gasteiger partial charge on any atom is 0.316 e. The molecule has 1 aromatic rings. The van der Waals surface area contributed by atoms with Crippen LogP contribution in [-0.2, 0) is 21.4 Å². The lowest BCUT2D eigenvalue weighted by Gasteiger charge is -2.21. The fourth-order valence-corrected chi connectivity index (χ4v) is 2.70. The van der Waals surface area contributed by atoms with E-state index in [0.717, 1.165) is 31.4 Å². The van der Waals surface area contributed by atoms with Gasteiger partial charge < -0.3 is 10.1 Å². The molecule has 1 aromatic carbocycles. The number of anilines is 1. The molecule has 0 spiro atoms. The molecule has 3 rings (SSSR count). The first kappa shape index (κ1) is 10.6. The predicted molar refractivity (Wildman–Crippen MR) is 66.2 cm³/mol. The average molecular weight is 231 g/mol. The first-order valence-electron chi connectivity index (χ1n) is 6.22. The molecule has 1 heterocycles. The number of aryl methyl sites for hydroxylation is 1. The Hall–Kier alpha value is -1.51. The van der Waals surface area contributed by atoms with E-state index in [0.29, 0.717) is 0 Å². The van der Waals surface area contributed by atoms with E-state index in [1.54, 1.807) is 0 Å². The summed E-state index contributed by atoms with van der Waals surface area (Å²) in [5.74, 6) is -0.0822. The molecular formula is C14H17NO2. The van der Waals surface area contributed by atoms with E-state index in [9.17, 15) is 4.79 Å². The Balaban J connectivity index is 1.96. The Labute approximate surface area is 101 Å². The van der Waals surface area contributed by atoms with Crippen LogP contribution in [0.3, 0.4) is 0 Å². The molecule has 17 heavy (non-hydrogen) atoms. The number of ether oxygens (including phenoxy) is 1. The van der Waals surface area contributed by atoms with Gasteiger partial charge in [0.15, 0.2) is 0 Å². The van der Waals surface area contributed by atoms with E-state index < -0.39 is 0 Å². The minimum absolute atomic E-state index is 0.0822. The molecule has 0 atom stereocenters. The molecule has 1 aliphatic heterocycles. The van der Waals surface area contributed by atoms with Crippen LogP contribution in [-0.4, -0.2) is 19.6 Å². The van der Waals surface area contributed by atoms with E-state index in [1.165, 1.54) is 24.8 Å². The van der Waals surface area contributed by atoms with Crippen LogP contribution in [0, 0.1) is 0 Å². The van der Waals surface area contributed by atoms with Gasteiger partial charge in [0, 0.05) is 12.2 Å². The lowest BCUT2D eigenvalue weighted by molar-refractivity contribution is -0.143. The molecule has 0 saturated heterocycles. The fraction of sp³-hybridized carbons (Fsp3) is 0.500. The summed E-state index contributed by atoms with van der Waals surface area (Å²) in [4.78, 5) is 11.8. The minimum atomic E-state index is -0.332. The number of methoxy groups -OCH3 is 1. The number of carbonyl (C=O) groups is 1. The molecule has 0 amide bonds. The Kier molecular flexibility index (Phi) is 2.35. The zero-order valence-corrected chi connectivity index (χ0v) is 10.1. The summed E-state index contributed by atoms with van der Waals surface area (Å²) in [6, 6.07) is 6.36. The van der Waals surface area contributed by atoms with Crippen LogP contribution in [0.15, 0.2) is 18.2 Å². The van der Waals surface area contributed by atoms with E-state index in [-0.39, 0.29) is 11.4 Å². The molecule has 3 nitrogen and oxygen atoms in total. The molecule has 0 unspecified atom stereocenters. The van der Waals surface area contributed by atoms with Crippen LogP contribution in [0.25, 0.3) is 0 Å². The van der Waals surface area contributed by atoms with E-state index in [2.05, 4.69) is 23.5 Å². The number of hydrogen-bond acceptors (Lipinski definition) is 3. The zero-order chi connectivity index (χ0) is 11.9. The summed E-state index contributed by atoms with van der Waals surface area (Å²) in [6.45, 7) is 1.05. The van der Waals surface area contributed by atoms with Gasteiger partial charge in [-0.15, -0.1) is 0 Å². The van der Waals surface area contributed by atoms with Gasteiger partial charge in [0.1, 0.15) is 0 Å². The normalized spacial score (nSPS) is 20.1. The summed E-state index contributed by atoms with van der Waals surface area (Å²) >= 11 is 0. The molecule has 3 heteroatoms. The van der Waals surface area contributed by atoms with Crippen molar-refractivity contribution < 1.29 is 9.53 Å². The third-order valence-corrected chi connectivity index (χ3v) is 3.92. The third kappa shape index (κ3) is 1.61. The largest absolute Gasteiger partial charge is 0.468 e. The standard InChI is InChI=1S/C14H17NO2/c1-17-13(16)14(6-7-14)11-4-5-12-10(9-11)3-2-8-15-12/h4-5,9,15H,2-3,6-8H2,1H3. The molecule has 90 valence electrons. The van der Waals surface area contributed by atoms with Crippen molar-refractivity contribution in [1.29, 1.82) is 0 Å². The van der Waals surface area contributed by atoms with Gasteiger partial charge in [-0.25, -0.2) is 0 Å². The van der Waals surface area contributed by atoms with Crippen LogP contribution in [0.5, 0.6) is 0 Å². The molecule has 1 N–H and O–H groups in total. The molecule has 2 aliphatic rings. The predicted octanol–water partition coefficient (Wildman–Crippen LogP) is 2.25. The van der Waals surface area contributed by atoms with Gasteiger partial charge in [-0.2, -0.15) is 0 Å². The Bertz CT molecular complexity index is 463. The van der Waals surface area contributed by atoms with Crippen LogP contribution in [0.4, 0.5) is 5.69 Å². The van der Waals surface area contributed by atoms with Gasteiger partial charge in [-0.3, -0.25) is 4.79 Å². The summed E-state index contributed by atoms with van der Waals surface area (Å²) < 4.78 is 4.92. The molecular weight excluding hydrogens is 214 g/mol. The van der Waals surface area contributed by atoms with Gasteiger partial charge in [0.2, 0.25) is 0 Å². The van der Waals surface area contributed by atoms with Gasteiger partial charge in [-0.05, 0) is 42.9 Å². The van der Waals surface area contributed by atoms with E-state index in [1.807, 2.05) is 0 Å². The van der Waals surface area contributed by atoms with E-state index >= 15 is 0 Å². The Morgan fingerprint density at radius 3 is 2.94 bits per heavy atom. The lowest BCUT2D eigenvalue weighted by Crippen LogP contribution is -2.22. The number of fused-ring (bicyclic) bond motifs is 1. The third-order valence-electron chi connectivity index (χ3n) is 3.92. The van der Waals surface area contributed by atoms with Crippen molar-refractivity contribution in [3.63, 3.8) is 0 Å². The van der Waals surface area contributed by atoms with Gasteiger partial charge in [0.05, 0.1) is 12.5 Å². The van der Waals surface area contributed by atoms with Crippen molar-refractivity contribution in [3.8, 4) is 0 Å². The Morgan fingerprint density at radius 1 is 1.41 bits per heavy atom. The number of benzene rings is 1. The maximum absolute atomic E-state index is 11.8. The van der Waals surface area contributed by atoms with Gasteiger partial charge in [-0.1, -0.05) is 12.1 Å². The van der Waals surface area contributed by atoms with Crippen molar-refractivity contribution >= 4 is 11.7 Å². The highest BCUT2D eigenvalue weighted by molar-refractivity contribution is 5.86. The highest BCUT2D eigenvalue weighted by Crippen LogP contribution is 2.49. The smallest absolute Gasteiger partial charge is 0.316 e. The summed E-state index contributed by atoms with van der Waals surface area (Å²) in [5, 5.41) is 3.39. The number of nitrogens with one attached hydrogen (secondary N) is 1. The molecule has 0 aromatic heterocycles. The topological polar surface area (TPSA) is 38.3 Å². The van der Waals surface area contributed by atoms with Crippen molar-refractivity contribution in [1.82, 2.24) is 0 Å². The fourth-order valence-electron chi connectivity index (χ4n) is 2.70. The van der Waals surface area contributed by atoms with Crippen LogP contribution >= 0.6 is 0 Å². The second-order valence-electron chi connectivity index (χ2n) is 4.98. The van der Waals surface area contributed by atoms with Crippen molar-refractivity contribution in [2.75, 3.05) is 19.0 Å². The van der Waals surface area contributed by atoms with Crippen molar-refractivity contribution in [3.05, 3.63) is 29.3 Å². The van der Waals surface area contributed by atoms with Crippen molar-refractivity contribution in [2.45, 2.75) is 31.1 Å². The second-order valence-corrected chi connectivity index (χ2v) is 4.98. The molecule has 0 radical (unpaired) electrons. The number of hydrogen-bond donors (Lipinski definition) is 1. The summed E-state index contributed by atoms with van der Waals surface area (Å²) in [6.07, 6.45) is 4.12. The Morgan fingerprint density at radius 2 is 2.24 bits per heavy atom. The number of carbonyl (C=O) groups excluding carboxylic acids is 1. The monoisotopic (exact) mass is 231 g/mol. The van der Waals surface area contributed by atoms with Crippen LogP contribution in [0.1, 0.15) is 30.4 Å². The van der Waals surface area contributed by atoms with E-state index in [4.69, 9.17) is 4.74 Å². The minimum Gasteiger partial charge on any atom is -0.468 e. The van der Waals surface area contributed by atoms with Gasteiger partial charge in [0.25, 0.3) is 0 Å². The zero-order valence-electron chi connectivity index (χ0n) is 10.1. The number of rotatable bonds is 2. The molecule has 1 aliphatic carbocycles. The summed E-state index contributed by atoms with van der Waals surface area (Å²) in [7, 11) is 1.47. The SMILES string of the molecule is COC(=O)C1(c2ccc3c(c2)CCCN3)CC1. The van der Waals surface area contributed by atoms with Gasteiger partial charge >= 0.3 is 5.97 Å². The average Bonchev–Trinajstić information content (AvgIpc) is 3.19. The maximum atomic E-state index is 11.8. The first-order chi connectivity index (χ1) is 8.26. The summed E-state index contributed by atoms with van der Waals surface area (Å²) in [5.41, 5.74) is 3.36. The second kappa shape index (κ2) is 3.76. The molecule has 1 fully saturated rings. The highest BCUT2D eigenvalue weighted by Gasteiger charge is 2.52. The quantitative estimate of drug-likeness (QED) is 0.793. The highest BCUT2D eigenvalue weighted by atomic mass is 16.5. The van der Waals surface area contributed by atoms with Crippen LogP contribution < -0.4 is 5.32 Å². The van der Waals surface area contributed by atoms with Crippen LogP contribution in [0.2, 0.25) is 0 Å². The molecule has 0 bridgehead atoms. The van der Waals surface area contributed by atoms with Crippen molar-refractivity contribution in [2.24, 2.45) is 0 Å². The number of esters is 1.